The van der Waals surface area contributed by atoms with Gasteiger partial charge in [-0.05, 0) is 6.42 Å². The third kappa shape index (κ3) is 4.91. The highest BCUT2D eigenvalue weighted by atomic mass is 31.3. The van der Waals surface area contributed by atoms with Crippen LogP contribution in [0.1, 0.15) is 12.8 Å². The highest BCUT2D eigenvalue weighted by molar-refractivity contribution is 7.60. The Hall–Kier alpha value is -1.68. The lowest BCUT2D eigenvalue weighted by Gasteiger charge is -2.22. The van der Waals surface area contributed by atoms with Gasteiger partial charge in [0.15, 0.2) is 0 Å². The predicted molar refractivity (Wildman–Crippen MR) is 77.3 cm³/mol. The Morgan fingerprint density at radius 3 is 2.76 bits per heavy atom. The van der Waals surface area contributed by atoms with Gasteiger partial charge in [0.2, 0.25) is 0 Å². The minimum atomic E-state index is -5.25. The predicted octanol–water partition coefficient (Wildman–Crippen LogP) is -1.20. The molecule has 1 aromatic rings. The maximum Gasteiger partial charge on any atom is 0.481 e. The molecule has 1 aromatic heterocycles. The van der Waals surface area contributed by atoms with E-state index in [0.717, 1.165) is 6.20 Å². The molecule has 1 fully saturated rings. The first-order valence-electron chi connectivity index (χ1n) is 6.52. The summed E-state index contributed by atoms with van der Waals surface area (Å²) in [5.41, 5.74) is 2.56. The second kappa shape index (κ2) is 6.91. The third-order valence-electron chi connectivity index (χ3n) is 3.03. The topological polar surface area (TPSA) is 220 Å². The molecule has 14 nitrogen and oxygen atoms in total. The number of ether oxygens (including phenoxy) is 1. The molecule has 0 amide bonds. The number of nitrogens with two attached hydrogens (primary N) is 1. The van der Waals surface area contributed by atoms with Gasteiger partial charge in [-0.25, -0.2) is 13.9 Å². The van der Waals surface area contributed by atoms with Crippen LogP contribution >= 0.6 is 15.6 Å². The molecular formula is C9H13N5O9P2. The second-order valence-electron chi connectivity index (χ2n) is 4.89. The zero-order valence-corrected chi connectivity index (χ0v) is 14.1. The van der Waals surface area contributed by atoms with Crippen molar-refractivity contribution in [1.29, 1.82) is 5.26 Å². The number of hydrogen-bond donors (Lipinski definition) is 4. The standard InChI is InChI=1S/C9H13N5O9P2/c10-5-9(14-8(15)13-7(11)3-12-14)2-1-6(22-9)4-21-25(19,20)23-24(16,17)18/h3,6H,1-2,4H2,(H,19,20)(H2,11,13,15)(H2,16,17,18)/t6-,9-/m0/s1. The van der Waals surface area contributed by atoms with E-state index < -0.39 is 39.8 Å². The number of nitriles is 1. The number of hydrogen-bond acceptors (Lipinski definition) is 10. The van der Waals surface area contributed by atoms with Crippen LogP contribution in [0.2, 0.25) is 0 Å². The quantitative estimate of drug-likeness (QED) is 0.415. The first-order valence-corrected chi connectivity index (χ1v) is 9.54. The Labute approximate surface area is 139 Å². The van der Waals surface area contributed by atoms with Crippen molar-refractivity contribution in [1.82, 2.24) is 14.8 Å². The van der Waals surface area contributed by atoms with E-state index in [1.807, 2.05) is 0 Å². The van der Waals surface area contributed by atoms with Crippen molar-refractivity contribution in [2.24, 2.45) is 0 Å². The molecule has 2 rings (SSSR count). The summed E-state index contributed by atoms with van der Waals surface area (Å²) in [5.74, 6) is -0.150. The average molecular weight is 397 g/mol. The van der Waals surface area contributed by atoms with Crippen LogP contribution in [0.4, 0.5) is 5.82 Å². The number of nitrogen functional groups attached to an aromatic ring is 1. The van der Waals surface area contributed by atoms with Crippen molar-refractivity contribution in [3.05, 3.63) is 16.7 Å². The molecule has 2 heterocycles. The summed E-state index contributed by atoms with van der Waals surface area (Å²) < 4.78 is 36.1. The lowest BCUT2D eigenvalue weighted by molar-refractivity contribution is -0.0806. The van der Waals surface area contributed by atoms with Crippen LogP contribution in [0, 0.1) is 11.3 Å². The lowest BCUT2D eigenvalue weighted by atomic mass is 10.1. The fraction of sp³-hybridized carbons (Fsp3) is 0.556. The van der Waals surface area contributed by atoms with Crippen LogP contribution in [0.25, 0.3) is 0 Å². The van der Waals surface area contributed by atoms with Crippen LogP contribution in [0.15, 0.2) is 11.0 Å². The molecule has 0 aromatic carbocycles. The Bertz CT molecular complexity index is 847. The molecule has 138 valence electrons. The fourth-order valence-corrected chi connectivity index (χ4v) is 3.71. The minimum absolute atomic E-state index is 0.0227. The largest absolute Gasteiger partial charge is 0.481 e. The van der Waals surface area contributed by atoms with E-state index in [1.165, 1.54) is 0 Å². The number of rotatable bonds is 6. The Morgan fingerprint density at radius 1 is 1.52 bits per heavy atom. The van der Waals surface area contributed by atoms with Crippen LogP contribution in [-0.2, 0) is 28.4 Å². The van der Waals surface area contributed by atoms with E-state index in [2.05, 4.69) is 18.9 Å². The van der Waals surface area contributed by atoms with Crippen LogP contribution in [0.3, 0.4) is 0 Å². The van der Waals surface area contributed by atoms with Gasteiger partial charge in [-0.2, -0.15) is 24.3 Å². The smallest absolute Gasteiger partial charge is 0.382 e. The van der Waals surface area contributed by atoms with Gasteiger partial charge in [0.25, 0.3) is 5.72 Å². The van der Waals surface area contributed by atoms with Crippen molar-refractivity contribution < 1.29 is 37.4 Å². The zero-order valence-electron chi connectivity index (χ0n) is 12.3. The normalized spacial score (nSPS) is 26.1. The Kier molecular flexibility index (Phi) is 5.43. The number of nitrogens with zero attached hydrogens (tertiary/aromatic N) is 4. The molecule has 5 N–H and O–H groups in total. The highest BCUT2D eigenvalue weighted by Crippen LogP contribution is 2.57. The molecule has 0 aliphatic carbocycles. The van der Waals surface area contributed by atoms with Crippen molar-refractivity contribution in [2.45, 2.75) is 24.7 Å². The molecule has 0 saturated carbocycles. The SMILES string of the molecule is N#C[C@]1(n2ncc(N)nc2=O)CC[C@@H](COP(=O)(O)OP(=O)(O)O)O1. The highest BCUT2D eigenvalue weighted by Gasteiger charge is 2.45. The Morgan fingerprint density at radius 2 is 2.20 bits per heavy atom. The average Bonchev–Trinajstić information content (AvgIpc) is 2.87. The fourth-order valence-electron chi connectivity index (χ4n) is 2.09. The molecule has 25 heavy (non-hydrogen) atoms. The van der Waals surface area contributed by atoms with Gasteiger partial charge in [-0.3, -0.25) is 4.52 Å². The summed E-state index contributed by atoms with van der Waals surface area (Å²) in [6, 6.07) is 1.77. The van der Waals surface area contributed by atoms with Crippen LogP contribution < -0.4 is 11.4 Å². The van der Waals surface area contributed by atoms with Crippen molar-refractivity contribution in [3.63, 3.8) is 0 Å². The van der Waals surface area contributed by atoms with Crippen molar-refractivity contribution >= 4 is 21.5 Å². The number of phosphoric ester groups is 1. The lowest BCUT2D eigenvalue weighted by Crippen LogP contribution is -2.43. The van der Waals surface area contributed by atoms with E-state index in [0.29, 0.717) is 4.68 Å². The molecule has 0 spiro atoms. The Balaban J connectivity index is 2.09. The summed E-state index contributed by atoms with van der Waals surface area (Å²) in [4.78, 5) is 41.5. The van der Waals surface area contributed by atoms with Gasteiger partial charge in [0.05, 0.1) is 18.9 Å². The van der Waals surface area contributed by atoms with Gasteiger partial charge in [-0.1, -0.05) is 0 Å². The first-order chi connectivity index (χ1) is 11.5. The molecule has 1 saturated heterocycles. The van der Waals surface area contributed by atoms with Gasteiger partial charge < -0.3 is 25.2 Å². The van der Waals surface area contributed by atoms with Crippen molar-refractivity contribution in [2.75, 3.05) is 12.3 Å². The first kappa shape index (κ1) is 19.6. The van der Waals surface area contributed by atoms with Gasteiger partial charge in [-0.15, -0.1) is 0 Å². The zero-order chi connectivity index (χ0) is 18.9. The summed E-state index contributed by atoms with van der Waals surface area (Å²) >= 11 is 0. The molecule has 1 aliphatic rings. The molecule has 3 atom stereocenters. The van der Waals surface area contributed by atoms with E-state index in [9.17, 15) is 24.1 Å². The van der Waals surface area contributed by atoms with E-state index in [-0.39, 0.29) is 18.7 Å². The van der Waals surface area contributed by atoms with E-state index in [4.69, 9.17) is 20.3 Å². The van der Waals surface area contributed by atoms with Gasteiger partial charge >= 0.3 is 21.3 Å². The third-order valence-corrected chi connectivity index (χ3v) is 5.18. The van der Waals surface area contributed by atoms with Gasteiger partial charge in [0.1, 0.15) is 11.9 Å². The number of anilines is 1. The molecule has 1 unspecified atom stereocenters. The minimum Gasteiger partial charge on any atom is -0.382 e. The maximum atomic E-state index is 11.8. The van der Waals surface area contributed by atoms with E-state index in [1.54, 1.807) is 6.07 Å². The van der Waals surface area contributed by atoms with Crippen LogP contribution in [-0.4, -0.2) is 42.2 Å². The summed E-state index contributed by atoms with van der Waals surface area (Å²) in [7, 11) is -10.3. The maximum absolute atomic E-state index is 11.8. The second-order valence-corrected chi connectivity index (χ2v) is 7.72. The summed E-state index contributed by atoms with van der Waals surface area (Å²) in [5, 5.41) is 13.0. The molecular weight excluding hydrogens is 384 g/mol. The summed E-state index contributed by atoms with van der Waals surface area (Å²) in [6.45, 7) is -0.631. The van der Waals surface area contributed by atoms with E-state index >= 15 is 0 Å². The number of aromatic nitrogens is 3. The monoisotopic (exact) mass is 397 g/mol. The van der Waals surface area contributed by atoms with Crippen molar-refractivity contribution in [3.8, 4) is 6.07 Å². The molecule has 1 aliphatic heterocycles. The van der Waals surface area contributed by atoms with Crippen LogP contribution in [0.5, 0.6) is 0 Å². The molecule has 16 heteroatoms. The van der Waals surface area contributed by atoms with Gasteiger partial charge in [0, 0.05) is 6.42 Å². The molecule has 0 bridgehead atoms. The number of phosphoric acid groups is 2. The summed E-state index contributed by atoms with van der Waals surface area (Å²) in [6.07, 6.45) is 0.183. The molecule has 0 radical (unpaired) electrons.